The van der Waals surface area contributed by atoms with Crippen molar-refractivity contribution in [2.45, 2.75) is 32.9 Å². The third-order valence-electron chi connectivity index (χ3n) is 4.20. The highest BCUT2D eigenvalue weighted by atomic mass is 16.1. The lowest BCUT2D eigenvalue weighted by Crippen LogP contribution is -2.25. The zero-order chi connectivity index (χ0) is 19.1. The normalized spacial score (nSPS) is 10.6. The van der Waals surface area contributed by atoms with Crippen LogP contribution in [0.25, 0.3) is 11.3 Å². The standard InChI is InChI=1S/C21H22N4O2/c1-16-6-8-18(9-7-16)19-10-11-21(27)25(24-19)13-3-5-20(26)23-15-17-4-2-12-22-14-17/h2,4,6-12,14H,3,5,13,15H2,1H3,(H,23,26). The molecule has 0 spiro atoms. The highest BCUT2D eigenvalue weighted by Crippen LogP contribution is 2.15. The van der Waals surface area contributed by atoms with Crippen LogP contribution < -0.4 is 10.9 Å². The molecule has 1 N–H and O–H groups in total. The Morgan fingerprint density at radius 2 is 1.93 bits per heavy atom. The van der Waals surface area contributed by atoms with Gasteiger partial charge in [0, 0.05) is 43.5 Å². The van der Waals surface area contributed by atoms with Gasteiger partial charge in [0.1, 0.15) is 0 Å². The Labute approximate surface area is 157 Å². The molecule has 2 aromatic heterocycles. The molecule has 138 valence electrons. The SMILES string of the molecule is Cc1ccc(-c2ccc(=O)n(CCCC(=O)NCc3cccnc3)n2)cc1. The molecule has 0 atom stereocenters. The van der Waals surface area contributed by atoms with E-state index in [0.29, 0.717) is 25.9 Å². The van der Waals surface area contributed by atoms with Crippen molar-refractivity contribution in [2.75, 3.05) is 0 Å². The molecule has 6 nitrogen and oxygen atoms in total. The number of carbonyl (C=O) groups is 1. The molecular weight excluding hydrogens is 340 g/mol. The van der Waals surface area contributed by atoms with Crippen LogP contribution in [0.1, 0.15) is 24.0 Å². The molecule has 0 radical (unpaired) electrons. The number of benzene rings is 1. The predicted molar refractivity (Wildman–Crippen MR) is 104 cm³/mol. The van der Waals surface area contributed by atoms with Crippen LogP contribution in [0.3, 0.4) is 0 Å². The summed E-state index contributed by atoms with van der Waals surface area (Å²) in [6.07, 6.45) is 4.30. The largest absolute Gasteiger partial charge is 0.352 e. The van der Waals surface area contributed by atoms with Gasteiger partial charge in [-0.2, -0.15) is 5.10 Å². The van der Waals surface area contributed by atoms with Gasteiger partial charge in [-0.3, -0.25) is 14.6 Å². The van der Waals surface area contributed by atoms with Gasteiger partial charge < -0.3 is 5.32 Å². The fourth-order valence-electron chi connectivity index (χ4n) is 2.67. The van der Waals surface area contributed by atoms with Crippen molar-refractivity contribution in [3.8, 4) is 11.3 Å². The number of rotatable bonds is 7. The molecule has 1 aromatic carbocycles. The fourth-order valence-corrected chi connectivity index (χ4v) is 2.67. The van der Waals surface area contributed by atoms with E-state index in [1.165, 1.54) is 16.3 Å². The number of pyridine rings is 1. The molecule has 3 rings (SSSR count). The quantitative estimate of drug-likeness (QED) is 0.701. The van der Waals surface area contributed by atoms with E-state index in [1.807, 2.05) is 43.3 Å². The van der Waals surface area contributed by atoms with E-state index in [0.717, 1.165) is 16.8 Å². The molecule has 0 aliphatic carbocycles. The van der Waals surface area contributed by atoms with E-state index < -0.39 is 0 Å². The summed E-state index contributed by atoms with van der Waals surface area (Å²) in [7, 11) is 0. The molecule has 0 aliphatic heterocycles. The number of aryl methyl sites for hydroxylation is 2. The molecule has 6 heteroatoms. The number of aromatic nitrogens is 3. The van der Waals surface area contributed by atoms with E-state index in [9.17, 15) is 9.59 Å². The van der Waals surface area contributed by atoms with Gasteiger partial charge in [-0.25, -0.2) is 4.68 Å². The smallest absolute Gasteiger partial charge is 0.266 e. The van der Waals surface area contributed by atoms with Crippen LogP contribution in [-0.2, 0) is 17.9 Å². The van der Waals surface area contributed by atoms with Gasteiger partial charge in [0.2, 0.25) is 5.91 Å². The minimum atomic E-state index is -0.165. The van der Waals surface area contributed by atoms with Crippen LogP contribution in [0, 0.1) is 6.92 Å². The average molecular weight is 362 g/mol. The first-order valence-corrected chi connectivity index (χ1v) is 8.92. The summed E-state index contributed by atoms with van der Waals surface area (Å²) in [5, 5.41) is 7.28. The van der Waals surface area contributed by atoms with Crippen LogP contribution in [0.4, 0.5) is 0 Å². The Kier molecular flexibility index (Phi) is 6.10. The maximum atomic E-state index is 12.0. The maximum Gasteiger partial charge on any atom is 0.266 e. The summed E-state index contributed by atoms with van der Waals surface area (Å²) in [6.45, 7) is 2.88. The summed E-state index contributed by atoms with van der Waals surface area (Å²) >= 11 is 0. The number of amides is 1. The van der Waals surface area contributed by atoms with Crippen molar-refractivity contribution >= 4 is 5.91 Å². The molecule has 0 saturated carbocycles. The van der Waals surface area contributed by atoms with Gasteiger partial charge in [0.05, 0.1) is 5.69 Å². The van der Waals surface area contributed by atoms with Crippen molar-refractivity contribution in [1.82, 2.24) is 20.1 Å². The third-order valence-corrected chi connectivity index (χ3v) is 4.20. The van der Waals surface area contributed by atoms with Crippen LogP contribution in [0.15, 0.2) is 65.7 Å². The van der Waals surface area contributed by atoms with Crippen LogP contribution in [0.5, 0.6) is 0 Å². The zero-order valence-corrected chi connectivity index (χ0v) is 15.3. The highest BCUT2D eigenvalue weighted by Gasteiger charge is 2.06. The summed E-state index contributed by atoms with van der Waals surface area (Å²) in [4.78, 5) is 28.0. The number of hydrogen-bond acceptors (Lipinski definition) is 4. The molecule has 2 heterocycles. The Morgan fingerprint density at radius 3 is 2.67 bits per heavy atom. The minimum absolute atomic E-state index is 0.0541. The molecule has 27 heavy (non-hydrogen) atoms. The summed E-state index contributed by atoms with van der Waals surface area (Å²) in [6, 6.07) is 15.0. The first kappa shape index (κ1) is 18.5. The van der Waals surface area contributed by atoms with Crippen LogP contribution >= 0.6 is 0 Å². The van der Waals surface area contributed by atoms with Crippen molar-refractivity contribution < 1.29 is 4.79 Å². The predicted octanol–water partition coefficient (Wildman–Crippen LogP) is 2.71. The number of hydrogen-bond donors (Lipinski definition) is 1. The fraction of sp³-hybridized carbons (Fsp3) is 0.238. The van der Waals surface area contributed by atoms with Crippen molar-refractivity contribution in [3.63, 3.8) is 0 Å². The Bertz CT molecular complexity index is 950. The Balaban J connectivity index is 1.54. The molecule has 0 unspecified atom stereocenters. The first-order chi connectivity index (χ1) is 13.1. The third kappa shape index (κ3) is 5.34. The lowest BCUT2D eigenvalue weighted by atomic mass is 10.1. The van der Waals surface area contributed by atoms with Gasteiger partial charge in [0.15, 0.2) is 0 Å². The lowest BCUT2D eigenvalue weighted by Gasteiger charge is -2.08. The van der Waals surface area contributed by atoms with Gasteiger partial charge in [-0.05, 0) is 31.0 Å². The first-order valence-electron chi connectivity index (χ1n) is 8.92. The highest BCUT2D eigenvalue weighted by molar-refractivity contribution is 5.75. The molecule has 0 bridgehead atoms. The second-order valence-corrected chi connectivity index (χ2v) is 6.39. The second kappa shape index (κ2) is 8.89. The minimum Gasteiger partial charge on any atom is -0.352 e. The van der Waals surface area contributed by atoms with Crippen molar-refractivity contribution in [2.24, 2.45) is 0 Å². The number of carbonyl (C=O) groups excluding carboxylic acids is 1. The van der Waals surface area contributed by atoms with Gasteiger partial charge in [-0.15, -0.1) is 0 Å². The van der Waals surface area contributed by atoms with E-state index in [2.05, 4.69) is 15.4 Å². The molecule has 0 aliphatic rings. The van der Waals surface area contributed by atoms with E-state index >= 15 is 0 Å². The molecule has 3 aromatic rings. The maximum absolute atomic E-state index is 12.0. The number of nitrogens with zero attached hydrogens (tertiary/aromatic N) is 3. The van der Waals surface area contributed by atoms with E-state index in [1.54, 1.807) is 18.5 Å². The van der Waals surface area contributed by atoms with E-state index in [-0.39, 0.29) is 11.5 Å². The monoisotopic (exact) mass is 362 g/mol. The average Bonchev–Trinajstić information content (AvgIpc) is 2.69. The second-order valence-electron chi connectivity index (χ2n) is 6.39. The summed E-state index contributed by atoms with van der Waals surface area (Å²) in [5.74, 6) is -0.0541. The Morgan fingerprint density at radius 1 is 1.11 bits per heavy atom. The van der Waals surface area contributed by atoms with Gasteiger partial charge in [0.25, 0.3) is 5.56 Å². The van der Waals surface area contributed by atoms with Crippen LogP contribution in [0.2, 0.25) is 0 Å². The summed E-state index contributed by atoms with van der Waals surface area (Å²) < 4.78 is 1.42. The van der Waals surface area contributed by atoms with Gasteiger partial charge >= 0.3 is 0 Å². The molecule has 0 saturated heterocycles. The molecule has 0 fully saturated rings. The van der Waals surface area contributed by atoms with Crippen molar-refractivity contribution in [3.05, 3.63) is 82.4 Å². The lowest BCUT2D eigenvalue weighted by molar-refractivity contribution is -0.121. The molecule has 1 amide bonds. The van der Waals surface area contributed by atoms with Crippen molar-refractivity contribution in [1.29, 1.82) is 0 Å². The zero-order valence-electron chi connectivity index (χ0n) is 15.3. The topological polar surface area (TPSA) is 76.9 Å². The van der Waals surface area contributed by atoms with E-state index in [4.69, 9.17) is 0 Å². The molecular formula is C21H22N4O2. The Hall–Kier alpha value is -3.28. The van der Waals surface area contributed by atoms with Crippen LogP contribution in [-0.4, -0.2) is 20.7 Å². The number of nitrogens with one attached hydrogen (secondary N) is 1. The summed E-state index contributed by atoms with van der Waals surface area (Å²) in [5.41, 5.74) is 3.67. The van der Waals surface area contributed by atoms with Gasteiger partial charge in [-0.1, -0.05) is 35.9 Å².